The monoisotopic (exact) mass is 1140 g/mol. The number of amides is 10. The maximum absolute atomic E-state index is 14.8. The molecule has 1 heterocycles. The van der Waals surface area contributed by atoms with E-state index in [0.29, 0.717) is 46.7 Å². The van der Waals surface area contributed by atoms with Gasteiger partial charge in [0.2, 0.25) is 59.1 Å². The minimum absolute atomic E-state index is 0.0511. The van der Waals surface area contributed by atoms with Gasteiger partial charge in [0, 0.05) is 36.4 Å². The number of nitrogens with one attached hydrogen (secondary N) is 9. The molecule has 0 aromatic heterocycles. The fraction of sp³-hybridized carbons (Fsp3) is 0.382. The summed E-state index contributed by atoms with van der Waals surface area (Å²) >= 11 is 6.05. The molecule has 2 unspecified atom stereocenters. The topological polar surface area (TPSA) is 418 Å². The molecule has 1 aliphatic rings. The molecule has 434 valence electrons. The van der Waals surface area contributed by atoms with Gasteiger partial charge in [0.25, 0.3) is 0 Å². The quantitative estimate of drug-likeness (QED) is 0.0411. The van der Waals surface area contributed by atoms with Crippen molar-refractivity contribution in [2.75, 3.05) is 20.1 Å². The van der Waals surface area contributed by atoms with Crippen LogP contribution in [-0.4, -0.2) is 149 Å². The van der Waals surface area contributed by atoms with Crippen LogP contribution in [0.25, 0.3) is 0 Å². The fourth-order valence-corrected chi connectivity index (χ4v) is 8.61. The lowest BCUT2D eigenvalue weighted by Gasteiger charge is -2.29. The molecule has 25 nitrogen and oxygen atoms in total. The molecule has 1 saturated heterocycles. The highest BCUT2D eigenvalue weighted by atomic mass is 35.5. The van der Waals surface area contributed by atoms with Gasteiger partial charge in [-0.25, -0.2) is 0 Å². The number of aliphatic hydroxyl groups excluding tert-OH is 1. The molecule has 0 radical (unpaired) electrons. The lowest BCUT2D eigenvalue weighted by atomic mass is 10.00. The number of phenols is 2. The van der Waals surface area contributed by atoms with Crippen molar-refractivity contribution in [3.8, 4) is 11.5 Å². The molecule has 26 heteroatoms. The molecule has 9 atom stereocenters. The molecule has 18 N–H and O–H groups in total. The number of hydrogen-bond acceptors (Lipinski definition) is 15. The number of halogens is 1. The lowest BCUT2D eigenvalue weighted by Crippen LogP contribution is -2.63. The van der Waals surface area contributed by atoms with Crippen molar-refractivity contribution in [2.45, 2.75) is 113 Å². The molecular formula is C55H69ClN12O13. The minimum Gasteiger partial charge on any atom is -0.508 e. The molecule has 0 spiro atoms. The molecule has 0 saturated carbocycles. The number of carbonyl (C=O) groups is 10. The number of rotatable bonds is 20. The molecule has 0 bridgehead atoms. The molecular weight excluding hydrogens is 1070 g/mol. The van der Waals surface area contributed by atoms with Crippen LogP contribution in [0.1, 0.15) is 65.2 Å². The van der Waals surface area contributed by atoms with Crippen LogP contribution in [-0.2, 0) is 68.8 Å². The highest BCUT2D eigenvalue weighted by Crippen LogP contribution is 2.16. The van der Waals surface area contributed by atoms with Crippen LogP contribution >= 0.6 is 11.6 Å². The van der Waals surface area contributed by atoms with Crippen LogP contribution in [0.15, 0.2) is 97.1 Å². The number of aliphatic hydroxyl groups is 1. The minimum atomic E-state index is -1.91. The first-order valence-corrected chi connectivity index (χ1v) is 26.3. The average Bonchev–Trinajstić information content (AvgIpc) is 3.44. The van der Waals surface area contributed by atoms with Crippen LogP contribution in [0, 0.1) is 0 Å². The fourth-order valence-electron chi connectivity index (χ4n) is 8.48. The van der Waals surface area contributed by atoms with Gasteiger partial charge < -0.3 is 80.4 Å². The third kappa shape index (κ3) is 20.2. The number of unbranched alkanes of at least 4 members (excludes halogenated alkanes) is 1. The Kier molecular flexibility index (Phi) is 23.9. The predicted octanol–water partition coefficient (Wildman–Crippen LogP) is -2.38. The zero-order valence-corrected chi connectivity index (χ0v) is 45.3. The summed E-state index contributed by atoms with van der Waals surface area (Å²) in [6.45, 7) is 0.897. The zero-order chi connectivity index (χ0) is 59.3. The van der Waals surface area contributed by atoms with Crippen molar-refractivity contribution < 1.29 is 63.3 Å². The molecule has 0 aliphatic carbocycles. The second kappa shape index (κ2) is 30.6. The smallest absolute Gasteiger partial charge is 0.248 e. The summed E-state index contributed by atoms with van der Waals surface area (Å²) in [5.41, 5.74) is 19.4. The summed E-state index contributed by atoms with van der Waals surface area (Å²) in [5.74, 6) is -10.2. The van der Waals surface area contributed by atoms with Gasteiger partial charge in [0.1, 0.15) is 53.8 Å². The maximum atomic E-state index is 14.8. The Balaban J connectivity index is 1.60. The van der Waals surface area contributed by atoms with Crippen LogP contribution in [0.4, 0.5) is 0 Å². The van der Waals surface area contributed by atoms with Crippen LogP contribution in [0.3, 0.4) is 0 Å². The maximum Gasteiger partial charge on any atom is 0.248 e. The van der Waals surface area contributed by atoms with E-state index in [2.05, 4.69) is 47.9 Å². The van der Waals surface area contributed by atoms with Crippen LogP contribution in [0.2, 0.25) is 5.02 Å². The summed E-state index contributed by atoms with van der Waals surface area (Å²) < 4.78 is 0. The van der Waals surface area contributed by atoms with Gasteiger partial charge in [-0.2, -0.15) is 0 Å². The number of nitrogens with two attached hydrogens (primary N) is 3. The van der Waals surface area contributed by atoms with Crippen molar-refractivity contribution >= 4 is 70.7 Å². The number of primary amides is 2. The van der Waals surface area contributed by atoms with E-state index in [9.17, 15) is 63.3 Å². The summed E-state index contributed by atoms with van der Waals surface area (Å²) in [6.07, 6.45) is -2.74. The van der Waals surface area contributed by atoms with E-state index >= 15 is 0 Å². The Morgan fingerprint density at radius 1 is 0.654 bits per heavy atom. The molecule has 1 aliphatic heterocycles. The Hall–Kier alpha value is -8.65. The van der Waals surface area contributed by atoms with Crippen molar-refractivity contribution in [1.29, 1.82) is 0 Å². The summed E-state index contributed by atoms with van der Waals surface area (Å²) in [7, 11) is 1.71. The highest BCUT2D eigenvalue weighted by molar-refractivity contribution is 6.30. The third-order valence-corrected chi connectivity index (χ3v) is 13.3. The van der Waals surface area contributed by atoms with E-state index in [1.807, 2.05) is 0 Å². The van der Waals surface area contributed by atoms with Gasteiger partial charge in [-0.05, 0) is 117 Å². The SMILES string of the molecule is CNCCCC[C@@H]1NC(=O)[C@@H](Cc2ccc(C(N)=O)cc2)NC(=O)[C@H](Cc2ccc(O)cc2)NC(=O)[C@H](NC(=O)[C@@H](N)Cc2ccc(Cl)cc2)CNC(=O)C[C@@H](C(=O)N[C@H](Cc2ccc(O)cc2)C(N)=O)NC(=O)C(C(C)O)NC1=O. The largest absolute Gasteiger partial charge is 0.508 e. The Labute approximate surface area is 471 Å². The molecule has 4 aromatic rings. The standard InChI is InChI=1S/C55H69ClN12O13/c1-29(69)46-55(81)66-43(53(79)63-40(48(59)74)24-32-10-18-36(70)19-11-32)27-45(72)61-28-44(67-49(75)38(57)23-30-8-16-35(56)17-9-30)54(80)65-42(26-33-12-20-37(71)21-13-33)52(78)64-41(25-31-6-14-34(15-7-31)47(58)73)51(77)62-39(50(76)68-46)5-3-4-22-60-2/h6-21,29,38-44,46,60,69-71H,3-5,22-28,57H2,1-2H3,(H2,58,73)(H2,59,74)(H,61,72)(H,62,77)(H,63,79)(H,64,78)(H,65,80)(H,66,81)(H,67,75)(H,68,76)/t29?,38-,39-,40+,41+,42-,43-,44+,46?/m0/s1. The Bertz CT molecular complexity index is 2860. The zero-order valence-electron chi connectivity index (χ0n) is 44.5. The number of phenolic OH excluding ortho intramolecular Hbond substituents is 2. The van der Waals surface area contributed by atoms with Crippen molar-refractivity contribution in [2.24, 2.45) is 17.2 Å². The van der Waals surface area contributed by atoms with Crippen molar-refractivity contribution in [3.63, 3.8) is 0 Å². The lowest BCUT2D eigenvalue weighted by molar-refractivity contribution is -0.138. The summed E-state index contributed by atoms with van der Waals surface area (Å²) in [6, 6.07) is 10.5. The second-order valence-corrected chi connectivity index (χ2v) is 20.0. The number of aromatic hydroxyl groups is 2. The van der Waals surface area contributed by atoms with E-state index < -0.39 is 126 Å². The van der Waals surface area contributed by atoms with Gasteiger partial charge in [-0.1, -0.05) is 60.1 Å². The first-order chi connectivity index (χ1) is 38.5. The molecule has 4 aromatic carbocycles. The van der Waals surface area contributed by atoms with Crippen molar-refractivity contribution in [1.82, 2.24) is 47.9 Å². The van der Waals surface area contributed by atoms with E-state index in [0.717, 1.165) is 6.92 Å². The van der Waals surface area contributed by atoms with Crippen LogP contribution in [0.5, 0.6) is 11.5 Å². The van der Waals surface area contributed by atoms with Gasteiger partial charge in [0.15, 0.2) is 0 Å². The molecule has 5 rings (SSSR count). The highest BCUT2D eigenvalue weighted by Gasteiger charge is 2.37. The van der Waals surface area contributed by atoms with E-state index in [1.54, 1.807) is 31.3 Å². The molecule has 81 heavy (non-hydrogen) atoms. The van der Waals surface area contributed by atoms with E-state index in [1.165, 1.54) is 72.8 Å². The van der Waals surface area contributed by atoms with Gasteiger partial charge >= 0.3 is 0 Å². The Morgan fingerprint density at radius 3 is 1.70 bits per heavy atom. The summed E-state index contributed by atoms with van der Waals surface area (Å²) in [4.78, 5) is 140. The van der Waals surface area contributed by atoms with Gasteiger partial charge in [-0.3, -0.25) is 47.9 Å². The predicted molar refractivity (Wildman–Crippen MR) is 295 cm³/mol. The van der Waals surface area contributed by atoms with Crippen molar-refractivity contribution in [3.05, 3.63) is 130 Å². The van der Waals surface area contributed by atoms with Crippen LogP contribution < -0.4 is 65.1 Å². The Morgan fingerprint density at radius 2 is 1.16 bits per heavy atom. The summed E-state index contributed by atoms with van der Waals surface area (Å²) in [5, 5.41) is 54.5. The van der Waals surface area contributed by atoms with E-state index in [4.69, 9.17) is 28.8 Å². The number of benzene rings is 4. The molecule has 10 amide bonds. The number of carbonyl (C=O) groups excluding carboxylic acids is 10. The molecule has 1 fully saturated rings. The third-order valence-electron chi connectivity index (χ3n) is 13.1. The van der Waals surface area contributed by atoms with E-state index in [-0.39, 0.29) is 49.2 Å². The normalized spacial score (nSPS) is 20.8. The number of hydrogen-bond donors (Lipinski definition) is 15. The average molecular weight is 1140 g/mol. The van der Waals surface area contributed by atoms with Gasteiger partial charge in [0.05, 0.1) is 18.6 Å². The second-order valence-electron chi connectivity index (χ2n) is 19.5. The van der Waals surface area contributed by atoms with Gasteiger partial charge in [-0.15, -0.1) is 0 Å². The first-order valence-electron chi connectivity index (χ1n) is 26.0. The first kappa shape index (κ1) is 63.2.